The van der Waals surface area contributed by atoms with Crippen molar-refractivity contribution in [2.24, 2.45) is 75.9 Å². The van der Waals surface area contributed by atoms with Crippen molar-refractivity contribution in [3.8, 4) is 0 Å². The average Bonchev–Trinajstić information content (AvgIpc) is 4.03. The highest BCUT2D eigenvalue weighted by atomic mass is 16.6. The van der Waals surface area contributed by atoms with Crippen LogP contribution in [0.1, 0.15) is 183 Å². The third-order valence-corrected chi connectivity index (χ3v) is 23.8. The normalized spacial score (nSPS) is 47.0. The van der Waals surface area contributed by atoms with Gasteiger partial charge in [-0.25, -0.2) is 4.79 Å². The van der Waals surface area contributed by atoms with E-state index in [2.05, 4.69) is 73.7 Å². The number of carbonyl (C=O) groups excluding carboxylic acids is 2. The van der Waals surface area contributed by atoms with Gasteiger partial charge in [0.05, 0.1) is 29.5 Å². The lowest BCUT2D eigenvalue weighted by atomic mass is 9.56. The molecule has 7 nitrogen and oxygen atoms in total. The van der Waals surface area contributed by atoms with Gasteiger partial charge in [-0.05, 0) is 205 Å². The minimum absolute atomic E-state index is 0.0458. The summed E-state index contributed by atoms with van der Waals surface area (Å²) < 4.78 is 20.1. The molecule has 13 rings (SSSR count). The van der Waals surface area contributed by atoms with Gasteiger partial charge in [0.15, 0.2) is 5.78 Å². The van der Waals surface area contributed by atoms with E-state index in [1.54, 1.807) is 27.9 Å². The molecule has 4 saturated carbocycles. The van der Waals surface area contributed by atoms with Crippen LogP contribution in [-0.4, -0.2) is 65.4 Å². The summed E-state index contributed by atoms with van der Waals surface area (Å²) in [6, 6.07) is 10.7. The van der Waals surface area contributed by atoms with Gasteiger partial charge in [-0.1, -0.05) is 118 Å². The highest BCUT2D eigenvalue weighted by Gasteiger charge is 2.62. The average molecular weight is 981 g/mol. The van der Waals surface area contributed by atoms with Gasteiger partial charge < -0.3 is 24.4 Å². The van der Waals surface area contributed by atoms with Crippen LogP contribution in [0.15, 0.2) is 75.9 Å². The van der Waals surface area contributed by atoms with E-state index in [4.69, 9.17) is 14.2 Å². The van der Waals surface area contributed by atoms with E-state index in [1.807, 2.05) is 41.3 Å². The molecule has 4 heterocycles. The number of ketones is 1. The Balaban J connectivity index is 0.000000153. The van der Waals surface area contributed by atoms with Gasteiger partial charge in [0.1, 0.15) is 6.61 Å². The van der Waals surface area contributed by atoms with Crippen molar-refractivity contribution in [1.29, 1.82) is 0 Å². The molecule has 1 amide bonds. The number of likely N-dealkylation sites (tertiary alicyclic amines) is 1. The molecule has 12 aliphatic rings. The highest BCUT2D eigenvalue weighted by molar-refractivity contribution is 5.91. The van der Waals surface area contributed by atoms with Gasteiger partial charge in [-0.3, -0.25) is 4.79 Å². The number of carbonyl (C=O) groups is 2. The maximum Gasteiger partial charge on any atom is 0.410 e. The van der Waals surface area contributed by atoms with Crippen molar-refractivity contribution in [3.05, 3.63) is 81.5 Å². The number of nitrogens with one attached hydrogen (secondary N) is 1. The molecule has 4 saturated heterocycles. The fraction of sp³-hybridized carbons (Fsp3) is 0.754. The van der Waals surface area contributed by atoms with Crippen molar-refractivity contribution in [1.82, 2.24) is 10.2 Å². The highest BCUT2D eigenvalue weighted by Crippen LogP contribution is 2.66. The van der Waals surface area contributed by atoms with Crippen molar-refractivity contribution < 1.29 is 23.8 Å². The van der Waals surface area contributed by atoms with Gasteiger partial charge >= 0.3 is 6.09 Å². The number of amides is 1. The quantitative estimate of drug-likeness (QED) is 0.298. The standard InChI is InChI=1S/C37H51NO3.C28H41NO2/c1-23-13-15-36(5)28(17-23)11-12-30-29-14-16-37(20-25(3)31(29)19-32(30)36)26(4)34-33(41-37)18-24(2)21-38(34)35(39)40-22-27-9-7-6-8-10-27;1-16-11-25-26(29-15-16)18(3)28(31-25)10-8-21-22-6-5-19-12-20(30)7-9-27(19,4)24(22)13-23(21)17(2)14-28/h6-11,23-24,26,29-30,32-34H,12-22H2,1-5H3;12,16,18,21-22,24-26,29H,5-11,13-15H2,1-4H3/t23-,24-,26+,29-,30-,32-,33+,34-,36-,37-;16-,18+,21-,22-,24-,25+,26-,27-,28-/m00/s1. The Morgan fingerprint density at radius 2 is 1.38 bits per heavy atom. The van der Waals surface area contributed by atoms with Crippen LogP contribution in [-0.2, 0) is 25.6 Å². The molecule has 19 atom stereocenters. The molecule has 8 fully saturated rings. The summed E-state index contributed by atoms with van der Waals surface area (Å²) in [7, 11) is 0. The summed E-state index contributed by atoms with van der Waals surface area (Å²) in [6.45, 7) is 24.1. The van der Waals surface area contributed by atoms with E-state index in [-0.39, 0.29) is 34.9 Å². The molecule has 1 N–H and O–H groups in total. The Kier molecular flexibility index (Phi) is 12.9. The summed E-state index contributed by atoms with van der Waals surface area (Å²) in [6.07, 6.45) is 26.6. The number of ether oxygens (including phenoxy) is 3. The molecule has 0 radical (unpaired) electrons. The number of hydrogen-bond donors (Lipinski definition) is 1. The van der Waals surface area contributed by atoms with Crippen LogP contribution in [0, 0.1) is 75.9 Å². The molecule has 0 bridgehead atoms. The van der Waals surface area contributed by atoms with Gasteiger partial charge in [-0.2, -0.15) is 0 Å². The fourth-order valence-electron chi connectivity index (χ4n) is 19.8. The number of piperidine rings is 2. The molecule has 72 heavy (non-hydrogen) atoms. The minimum Gasteiger partial charge on any atom is -0.445 e. The third-order valence-electron chi connectivity index (χ3n) is 23.8. The molecule has 2 spiro atoms. The number of rotatable bonds is 2. The first-order valence-electron chi connectivity index (χ1n) is 29.9. The van der Waals surface area contributed by atoms with E-state index in [9.17, 15) is 9.59 Å². The second-order valence-electron chi connectivity index (χ2n) is 27.8. The molecule has 392 valence electrons. The largest absolute Gasteiger partial charge is 0.445 e. The van der Waals surface area contributed by atoms with E-state index < -0.39 is 0 Å². The van der Waals surface area contributed by atoms with Crippen LogP contribution >= 0.6 is 0 Å². The Morgan fingerprint density at radius 1 is 0.722 bits per heavy atom. The predicted molar refractivity (Wildman–Crippen MR) is 287 cm³/mol. The zero-order valence-corrected chi connectivity index (χ0v) is 46.0. The van der Waals surface area contributed by atoms with E-state index in [1.165, 1.54) is 76.2 Å². The number of benzene rings is 1. The van der Waals surface area contributed by atoms with Crippen LogP contribution in [0.3, 0.4) is 0 Å². The topological polar surface area (TPSA) is 77.1 Å². The van der Waals surface area contributed by atoms with Gasteiger partial charge in [0, 0.05) is 30.8 Å². The number of hydrogen-bond acceptors (Lipinski definition) is 6. The number of nitrogens with zero attached hydrogens (tertiary/aromatic N) is 1. The van der Waals surface area contributed by atoms with Crippen LogP contribution < -0.4 is 5.32 Å². The SMILES string of the molecule is CC1=C2C[C@H]3[C@@H](CC=C4C[C@@H](C)CC[C@@]43C)[C@@H]2CC[C@@]2(C1)O[C@@H]1C[C@H](C)CN(C(=O)OCc3ccccc3)[C@H]1[C@H]2C.CC1=C2C[C@H]3[C@@H](CCC4=CC(=O)CC[C@@]43C)[C@@H]2CC[C@@]2(C1)O[C@@H]1C[C@H](C)CN[C@H]1[C@H]2C. The third kappa shape index (κ3) is 8.17. The Labute approximate surface area is 434 Å². The van der Waals surface area contributed by atoms with Crippen molar-refractivity contribution in [2.45, 2.75) is 220 Å². The van der Waals surface area contributed by atoms with Crippen molar-refractivity contribution in [2.75, 3.05) is 13.1 Å². The smallest absolute Gasteiger partial charge is 0.410 e. The Morgan fingerprint density at radius 3 is 2.11 bits per heavy atom. The number of allylic oxidation sites excluding steroid dienone is 6. The van der Waals surface area contributed by atoms with E-state index in [0.29, 0.717) is 53.6 Å². The minimum atomic E-state index is -0.175. The lowest BCUT2D eigenvalue weighted by Gasteiger charge is -2.49. The van der Waals surface area contributed by atoms with Gasteiger partial charge in [0.2, 0.25) is 0 Å². The maximum atomic E-state index is 13.5. The van der Waals surface area contributed by atoms with Crippen LogP contribution in [0.25, 0.3) is 0 Å². The van der Waals surface area contributed by atoms with Crippen LogP contribution in [0.4, 0.5) is 4.79 Å². The van der Waals surface area contributed by atoms with Crippen LogP contribution in [0.5, 0.6) is 0 Å². The van der Waals surface area contributed by atoms with Crippen LogP contribution in [0.2, 0.25) is 0 Å². The fourth-order valence-corrected chi connectivity index (χ4v) is 19.8. The van der Waals surface area contributed by atoms with Gasteiger partial charge in [0.25, 0.3) is 0 Å². The Hall–Kier alpha value is -3.00. The summed E-state index contributed by atoms with van der Waals surface area (Å²) in [4.78, 5) is 27.7. The molecule has 0 aromatic heterocycles. The molecule has 7 heteroatoms. The molecule has 0 unspecified atom stereocenters. The first kappa shape index (κ1) is 49.9. The van der Waals surface area contributed by atoms with E-state index in [0.717, 1.165) is 105 Å². The number of fused-ring (bicyclic) bond motifs is 12. The zero-order valence-electron chi connectivity index (χ0n) is 46.0. The van der Waals surface area contributed by atoms with Crippen molar-refractivity contribution >= 4 is 11.9 Å². The summed E-state index contributed by atoms with van der Waals surface area (Å²) in [5, 5.41) is 3.85. The Bertz CT molecular complexity index is 2420. The molecular formula is C65H92N2O5. The summed E-state index contributed by atoms with van der Waals surface area (Å²) in [5.74, 6) is 7.88. The zero-order chi connectivity index (χ0) is 50.1. The monoisotopic (exact) mass is 981 g/mol. The first-order chi connectivity index (χ1) is 34.5. The molecule has 1 aromatic carbocycles. The molecule has 8 aliphatic carbocycles. The lowest BCUT2D eigenvalue weighted by Crippen LogP contribution is -2.54. The second kappa shape index (κ2) is 18.6. The first-order valence-corrected chi connectivity index (χ1v) is 29.9. The van der Waals surface area contributed by atoms with Crippen molar-refractivity contribution in [3.63, 3.8) is 0 Å². The maximum absolute atomic E-state index is 13.5. The second-order valence-corrected chi connectivity index (χ2v) is 27.8. The molecular weight excluding hydrogens is 889 g/mol. The predicted octanol–water partition coefficient (Wildman–Crippen LogP) is 14.3. The molecule has 1 aromatic rings. The lowest BCUT2D eigenvalue weighted by molar-refractivity contribution is -0.116. The summed E-state index contributed by atoms with van der Waals surface area (Å²) >= 11 is 0. The molecule has 4 aliphatic heterocycles. The summed E-state index contributed by atoms with van der Waals surface area (Å²) in [5.41, 5.74) is 11.7. The van der Waals surface area contributed by atoms with Gasteiger partial charge in [-0.15, -0.1) is 0 Å². The van der Waals surface area contributed by atoms with E-state index >= 15 is 0 Å².